The van der Waals surface area contributed by atoms with Crippen molar-refractivity contribution < 1.29 is 4.79 Å². The van der Waals surface area contributed by atoms with Crippen molar-refractivity contribution in [2.24, 2.45) is 0 Å². The summed E-state index contributed by atoms with van der Waals surface area (Å²) in [6.07, 6.45) is 9.90. The van der Waals surface area contributed by atoms with Gasteiger partial charge in [-0.15, -0.1) is 0 Å². The predicted octanol–water partition coefficient (Wildman–Crippen LogP) is 7.28. The predicted molar refractivity (Wildman–Crippen MR) is 143 cm³/mol. The zero-order chi connectivity index (χ0) is 23.0. The number of anilines is 2. The van der Waals surface area contributed by atoms with Crippen LogP contribution in [0.4, 0.5) is 11.4 Å². The van der Waals surface area contributed by atoms with E-state index < -0.39 is 18.4 Å². The molecule has 0 radical (unpaired) electrons. The Kier molecular flexibility index (Phi) is 9.27. The van der Waals surface area contributed by atoms with Crippen molar-refractivity contribution in [1.82, 2.24) is 0 Å². The summed E-state index contributed by atoms with van der Waals surface area (Å²) in [6.45, 7) is 6.96. The summed E-state index contributed by atoms with van der Waals surface area (Å²) in [5.74, 6) is 0.0197. The average molecular weight is 539 g/mol. The fourth-order valence-electron chi connectivity index (χ4n) is 4.93. The van der Waals surface area contributed by atoms with Gasteiger partial charge in [-0.25, -0.2) is 0 Å². The molecule has 0 aromatic heterocycles. The van der Waals surface area contributed by atoms with Crippen LogP contribution in [0.5, 0.6) is 0 Å². The Morgan fingerprint density at radius 1 is 0.875 bits per heavy atom. The van der Waals surface area contributed by atoms with Crippen LogP contribution >= 0.6 is 0 Å². The third kappa shape index (κ3) is 5.78. The van der Waals surface area contributed by atoms with Crippen molar-refractivity contribution in [3.8, 4) is 0 Å². The Balaban J connectivity index is 2.02. The minimum atomic E-state index is -2.54. The Morgan fingerprint density at radius 2 is 1.47 bits per heavy atom. The molecule has 3 rings (SSSR count). The Bertz CT molecular complexity index is 911. The first kappa shape index (κ1) is 24.9. The van der Waals surface area contributed by atoms with E-state index in [-0.39, 0.29) is 5.91 Å². The van der Waals surface area contributed by atoms with Gasteiger partial charge in [0.15, 0.2) is 0 Å². The summed E-state index contributed by atoms with van der Waals surface area (Å²) in [5, 5.41) is 6.26. The molecule has 0 aliphatic carbocycles. The van der Waals surface area contributed by atoms with E-state index in [1.165, 1.54) is 51.8 Å². The second kappa shape index (κ2) is 11.9. The molecular formula is C28H40N2OSn. The summed E-state index contributed by atoms with van der Waals surface area (Å²) < 4.78 is 5.95. The van der Waals surface area contributed by atoms with Crippen LogP contribution in [0.15, 0.2) is 42.5 Å². The van der Waals surface area contributed by atoms with E-state index in [0.717, 1.165) is 28.1 Å². The molecule has 32 heavy (non-hydrogen) atoms. The molecule has 1 amide bonds. The number of rotatable bonds is 12. The molecule has 0 bridgehead atoms. The van der Waals surface area contributed by atoms with Gasteiger partial charge in [0.05, 0.1) is 0 Å². The second-order valence-corrected chi connectivity index (χ2v) is 22.5. The Hall–Kier alpha value is -1.75. The summed E-state index contributed by atoms with van der Waals surface area (Å²) >= 11 is -2.54. The molecule has 0 fully saturated rings. The summed E-state index contributed by atoms with van der Waals surface area (Å²) in [4.78, 5) is 12.9. The normalized spacial score (nSPS) is 14.5. The zero-order valence-electron chi connectivity index (χ0n) is 20.4. The van der Waals surface area contributed by atoms with Crippen LogP contribution in [0.2, 0.25) is 13.3 Å². The van der Waals surface area contributed by atoms with E-state index in [0.29, 0.717) is 0 Å². The van der Waals surface area contributed by atoms with Gasteiger partial charge in [-0.2, -0.15) is 0 Å². The first-order valence-corrected chi connectivity index (χ1v) is 20.0. The van der Waals surface area contributed by atoms with Gasteiger partial charge < -0.3 is 0 Å². The SMILES string of the molecule is CCC[CH2][Sn]([CH2]CCC)([CH2]CCC)[c]1ccc2c(c1)/C(=C\c1ccc(NC)cc1)C(=O)N2. The molecule has 172 valence electrons. The topological polar surface area (TPSA) is 41.1 Å². The maximum absolute atomic E-state index is 12.9. The second-order valence-electron chi connectivity index (χ2n) is 9.24. The number of carbonyl (C=O) groups is 1. The van der Waals surface area contributed by atoms with E-state index >= 15 is 0 Å². The van der Waals surface area contributed by atoms with E-state index in [1.54, 1.807) is 3.58 Å². The van der Waals surface area contributed by atoms with Gasteiger partial charge in [0.1, 0.15) is 0 Å². The van der Waals surface area contributed by atoms with Crippen molar-refractivity contribution in [2.45, 2.75) is 72.6 Å². The van der Waals surface area contributed by atoms with Gasteiger partial charge in [0.25, 0.3) is 0 Å². The molecule has 0 unspecified atom stereocenters. The fraction of sp³-hybridized carbons (Fsp3) is 0.464. The Labute approximate surface area is 199 Å². The molecule has 2 aromatic carbocycles. The van der Waals surface area contributed by atoms with Crippen LogP contribution in [-0.2, 0) is 4.79 Å². The van der Waals surface area contributed by atoms with E-state index in [2.05, 4.69) is 73.9 Å². The number of carbonyl (C=O) groups excluding carboxylic acids is 1. The molecule has 1 aliphatic heterocycles. The van der Waals surface area contributed by atoms with Crippen LogP contribution in [0.25, 0.3) is 11.6 Å². The molecular weight excluding hydrogens is 499 g/mol. The number of unbranched alkanes of at least 4 members (excludes halogenated alkanes) is 3. The molecule has 2 N–H and O–H groups in total. The quantitative estimate of drug-likeness (QED) is 0.220. The average Bonchev–Trinajstić information content (AvgIpc) is 3.13. The van der Waals surface area contributed by atoms with Crippen molar-refractivity contribution in [2.75, 3.05) is 17.7 Å². The third-order valence-corrected chi connectivity index (χ3v) is 22.6. The zero-order valence-corrected chi connectivity index (χ0v) is 23.2. The molecule has 1 heterocycles. The van der Waals surface area contributed by atoms with E-state index in [9.17, 15) is 4.79 Å². The fourth-order valence-corrected chi connectivity index (χ4v) is 20.9. The van der Waals surface area contributed by atoms with E-state index in [4.69, 9.17) is 0 Å². The summed E-state index contributed by atoms with van der Waals surface area (Å²) in [6, 6.07) is 15.2. The molecule has 4 heteroatoms. The Morgan fingerprint density at radius 3 is 2.00 bits per heavy atom. The van der Waals surface area contributed by atoms with Gasteiger partial charge in [-0.3, -0.25) is 0 Å². The molecule has 2 aromatic rings. The monoisotopic (exact) mass is 540 g/mol. The van der Waals surface area contributed by atoms with Gasteiger partial charge in [-0.1, -0.05) is 0 Å². The van der Waals surface area contributed by atoms with Gasteiger partial charge in [0.2, 0.25) is 0 Å². The van der Waals surface area contributed by atoms with Crippen LogP contribution < -0.4 is 14.2 Å². The first-order valence-electron chi connectivity index (χ1n) is 12.5. The number of hydrogen-bond donors (Lipinski definition) is 2. The molecule has 1 aliphatic rings. The van der Waals surface area contributed by atoms with Crippen LogP contribution in [0.3, 0.4) is 0 Å². The maximum atomic E-state index is 12.9. The molecule has 0 spiro atoms. The van der Waals surface area contributed by atoms with Crippen molar-refractivity contribution in [1.29, 1.82) is 0 Å². The number of nitrogens with one attached hydrogen (secondary N) is 2. The third-order valence-electron chi connectivity index (χ3n) is 6.95. The first-order chi connectivity index (χ1) is 15.6. The van der Waals surface area contributed by atoms with Crippen molar-refractivity contribution >= 4 is 50.9 Å². The molecule has 0 saturated heterocycles. The van der Waals surface area contributed by atoms with Crippen LogP contribution in [0, 0.1) is 0 Å². The van der Waals surface area contributed by atoms with Gasteiger partial charge in [-0.05, 0) is 0 Å². The van der Waals surface area contributed by atoms with E-state index in [1.807, 2.05) is 13.1 Å². The molecule has 0 atom stereocenters. The van der Waals surface area contributed by atoms with Crippen LogP contribution in [-0.4, -0.2) is 31.3 Å². The summed E-state index contributed by atoms with van der Waals surface area (Å²) in [7, 11) is 1.92. The minimum absolute atomic E-state index is 0.0197. The van der Waals surface area contributed by atoms with Gasteiger partial charge >= 0.3 is 200 Å². The van der Waals surface area contributed by atoms with Crippen molar-refractivity contribution in [3.63, 3.8) is 0 Å². The van der Waals surface area contributed by atoms with Crippen molar-refractivity contribution in [3.05, 3.63) is 53.6 Å². The number of amides is 1. The number of fused-ring (bicyclic) bond motifs is 1. The summed E-state index contributed by atoms with van der Waals surface area (Å²) in [5.41, 5.74) is 5.02. The van der Waals surface area contributed by atoms with Gasteiger partial charge in [0, 0.05) is 0 Å². The number of benzene rings is 2. The number of hydrogen-bond acceptors (Lipinski definition) is 2. The van der Waals surface area contributed by atoms with Crippen LogP contribution in [0.1, 0.15) is 70.4 Å². The standard InChI is InChI=1S/C16H13N2O.3C4H9.Sn/c1-17-12-8-6-11(7-9-12)10-14-13-4-2-3-5-15(13)18-16(14)19;3*1-3-4-2;/h3-10,17H,1H3,(H,18,19);3*1,3-4H2,2H3;/b14-10+;;;;. The molecule has 3 nitrogen and oxygen atoms in total. The molecule has 0 saturated carbocycles.